The van der Waals surface area contributed by atoms with Crippen LogP contribution in [0.2, 0.25) is 0 Å². The number of aliphatic carboxylic acids is 3. The summed E-state index contributed by atoms with van der Waals surface area (Å²) in [6.07, 6.45) is 1.91. The predicted octanol–water partition coefficient (Wildman–Crippen LogP) is -1.66. The normalized spacial score (nSPS) is 16.5. The lowest BCUT2D eigenvalue weighted by atomic mass is 10.2. The van der Waals surface area contributed by atoms with Gasteiger partial charge < -0.3 is 34.3 Å². The molecule has 1 saturated heterocycles. The Morgan fingerprint density at radius 1 is 0.522 bits per heavy atom. The monoisotopic (exact) mass is 664 g/mol. The summed E-state index contributed by atoms with van der Waals surface area (Å²) in [7, 11) is 0. The molecule has 0 aromatic heterocycles. The topological polar surface area (TPSA) is 203 Å². The summed E-state index contributed by atoms with van der Waals surface area (Å²) in [4.78, 5) is 52.9. The summed E-state index contributed by atoms with van der Waals surface area (Å²) >= 11 is 0. The molecule has 1 rings (SSSR count). The van der Waals surface area contributed by atoms with Crippen LogP contribution < -0.4 is 10.9 Å². The van der Waals surface area contributed by atoms with Crippen LogP contribution in [-0.2, 0) is 38.1 Å². The van der Waals surface area contributed by atoms with Gasteiger partial charge in [0.2, 0.25) is 0 Å². The third kappa shape index (κ3) is 24.9. The lowest BCUT2D eigenvalue weighted by Gasteiger charge is -2.33. The number of Topliss-reactive ketones (excluding diaryl/α,β-unsaturated/α-hetero) is 1. The number of hydrogen-bond acceptors (Lipinski definition) is 14. The summed E-state index contributed by atoms with van der Waals surface area (Å²) in [5.74, 6) is -2.67. The Hall–Kier alpha value is -2.32. The van der Waals surface area contributed by atoms with Crippen LogP contribution in [0.25, 0.3) is 0 Å². The van der Waals surface area contributed by atoms with Gasteiger partial charge in [-0.1, -0.05) is 6.92 Å². The van der Waals surface area contributed by atoms with Gasteiger partial charge in [-0.05, 0) is 6.42 Å². The van der Waals surface area contributed by atoms with Crippen molar-refractivity contribution < 1.29 is 53.4 Å². The lowest BCUT2D eigenvalue weighted by molar-refractivity contribution is -0.140. The first-order chi connectivity index (χ1) is 22.2. The molecule has 17 heteroatoms. The third-order valence-electron chi connectivity index (χ3n) is 6.98. The van der Waals surface area contributed by atoms with Crippen LogP contribution in [0.4, 0.5) is 0 Å². The highest BCUT2D eigenvalue weighted by Gasteiger charge is 2.20. The van der Waals surface area contributed by atoms with Gasteiger partial charge in [-0.2, -0.15) is 0 Å². The van der Waals surface area contributed by atoms with E-state index in [2.05, 4.69) is 15.8 Å². The molecule has 268 valence electrons. The van der Waals surface area contributed by atoms with Crippen molar-refractivity contribution in [2.75, 3.05) is 138 Å². The second-order valence-electron chi connectivity index (χ2n) is 10.9. The molecule has 46 heavy (non-hydrogen) atoms. The molecule has 1 aliphatic rings. The minimum Gasteiger partial charge on any atom is -0.480 e. The Labute approximate surface area is 272 Å². The van der Waals surface area contributed by atoms with Crippen LogP contribution in [0.3, 0.4) is 0 Å². The van der Waals surface area contributed by atoms with Crippen molar-refractivity contribution in [1.82, 2.24) is 30.5 Å². The fraction of sp³-hybridized carbons (Fsp3) is 0.862. The van der Waals surface area contributed by atoms with Crippen LogP contribution in [0, 0.1) is 0 Å². The highest BCUT2D eigenvalue weighted by atomic mass is 16.6. The maximum atomic E-state index is 11.4. The van der Waals surface area contributed by atoms with E-state index in [1.54, 1.807) is 14.7 Å². The second kappa shape index (κ2) is 27.8. The molecule has 0 radical (unpaired) electrons. The Morgan fingerprint density at radius 2 is 0.891 bits per heavy atom. The van der Waals surface area contributed by atoms with Crippen molar-refractivity contribution in [3.63, 3.8) is 0 Å². The minimum absolute atomic E-state index is 0.155. The van der Waals surface area contributed by atoms with E-state index in [4.69, 9.17) is 18.9 Å². The molecule has 0 saturated carbocycles. The van der Waals surface area contributed by atoms with Gasteiger partial charge >= 0.3 is 17.9 Å². The smallest absolute Gasteiger partial charge is 0.317 e. The number of nitrogens with one attached hydrogen (secondary N) is 2. The second-order valence-corrected chi connectivity index (χ2v) is 10.9. The summed E-state index contributed by atoms with van der Waals surface area (Å²) in [6.45, 7) is 9.46. The van der Waals surface area contributed by atoms with Crippen LogP contribution in [0.1, 0.15) is 26.2 Å². The Bertz CT molecular complexity index is 809. The number of hydrazine groups is 1. The fourth-order valence-electron chi connectivity index (χ4n) is 4.52. The SMILES string of the molecule is CCCC(=O)CCOCCOCCOCCOCCNNCN1CCN(CC(=O)O)CCN(CC(=O)O)CCN(CC(=O)O)CC1. The molecule has 17 nitrogen and oxygen atoms in total. The number of carboxylic acid groups (broad SMARTS) is 3. The molecule has 1 fully saturated rings. The zero-order chi connectivity index (χ0) is 33.8. The Morgan fingerprint density at radius 3 is 1.28 bits per heavy atom. The average molecular weight is 665 g/mol. The van der Waals surface area contributed by atoms with E-state index in [1.807, 2.05) is 6.92 Å². The van der Waals surface area contributed by atoms with E-state index < -0.39 is 17.9 Å². The average Bonchev–Trinajstić information content (AvgIpc) is 2.99. The summed E-state index contributed by atoms with van der Waals surface area (Å²) < 4.78 is 21.9. The van der Waals surface area contributed by atoms with Crippen LogP contribution in [0.15, 0.2) is 0 Å². The van der Waals surface area contributed by atoms with Crippen molar-refractivity contribution in [2.24, 2.45) is 0 Å². The zero-order valence-corrected chi connectivity index (χ0v) is 27.4. The summed E-state index contributed by atoms with van der Waals surface area (Å²) in [5.41, 5.74) is 6.24. The third-order valence-corrected chi connectivity index (χ3v) is 6.98. The van der Waals surface area contributed by atoms with Gasteiger partial charge in [0, 0.05) is 71.7 Å². The molecule has 0 aliphatic carbocycles. The number of rotatable bonds is 26. The fourth-order valence-corrected chi connectivity index (χ4v) is 4.52. The molecule has 0 unspecified atom stereocenters. The van der Waals surface area contributed by atoms with Crippen molar-refractivity contribution in [3.8, 4) is 0 Å². The number of carbonyl (C=O) groups excluding carboxylic acids is 1. The first-order valence-electron chi connectivity index (χ1n) is 16.0. The molecule has 0 aromatic carbocycles. The maximum absolute atomic E-state index is 11.4. The number of hydrogen-bond donors (Lipinski definition) is 5. The molecule has 1 heterocycles. The molecule has 0 aromatic rings. The molecule has 0 spiro atoms. The number of ketones is 1. The number of nitrogens with zero attached hydrogens (tertiary/aromatic N) is 4. The summed E-state index contributed by atoms with van der Waals surface area (Å²) in [6, 6.07) is 0. The van der Waals surface area contributed by atoms with Crippen LogP contribution in [-0.4, -0.2) is 197 Å². The number of carboxylic acids is 3. The Kier molecular flexibility index (Phi) is 25.2. The molecule has 0 amide bonds. The summed E-state index contributed by atoms with van der Waals surface area (Å²) in [5, 5.41) is 28.0. The predicted molar refractivity (Wildman–Crippen MR) is 168 cm³/mol. The van der Waals surface area contributed by atoms with Gasteiger partial charge in [0.1, 0.15) is 5.78 Å². The van der Waals surface area contributed by atoms with E-state index in [0.717, 1.165) is 6.42 Å². The quantitative estimate of drug-likeness (QED) is 0.0519. The van der Waals surface area contributed by atoms with Crippen molar-refractivity contribution in [1.29, 1.82) is 0 Å². The van der Waals surface area contributed by atoms with Crippen molar-refractivity contribution in [3.05, 3.63) is 0 Å². The van der Waals surface area contributed by atoms with Crippen LogP contribution >= 0.6 is 0 Å². The number of carbonyl (C=O) groups is 4. The molecule has 1 aliphatic heterocycles. The maximum Gasteiger partial charge on any atom is 0.317 e. The number of ether oxygens (including phenoxy) is 4. The van der Waals surface area contributed by atoms with Crippen molar-refractivity contribution in [2.45, 2.75) is 26.2 Å². The van der Waals surface area contributed by atoms with Gasteiger partial charge in [-0.3, -0.25) is 44.2 Å². The lowest BCUT2D eigenvalue weighted by Crippen LogP contribution is -2.51. The molecule has 0 atom stereocenters. The zero-order valence-electron chi connectivity index (χ0n) is 27.4. The van der Waals surface area contributed by atoms with Gasteiger partial charge in [0.15, 0.2) is 0 Å². The van der Waals surface area contributed by atoms with Crippen molar-refractivity contribution >= 4 is 23.7 Å². The minimum atomic E-state index is -0.988. The van der Waals surface area contributed by atoms with E-state index in [0.29, 0.717) is 131 Å². The highest BCUT2D eigenvalue weighted by Crippen LogP contribution is 2.01. The van der Waals surface area contributed by atoms with Gasteiger partial charge in [0.05, 0.1) is 79.2 Å². The first kappa shape index (κ1) is 41.7. The van der Waals surface area contributed by atoms with Crippen LogP contribution in [0.5, 0.6) is 0 Å². The van der Waals surface area contributed by atoms with E-state index in [9.17, 15) is 34.5 Å². The molecular formula is C29H56N6O11. The van der Waals surface area contributed by atoms with E-state index in [1.165, 1.54) is 0 Å². The Balaban J connectivity index is 2.26. The van der Waals surface area contributed by atoms with Gasteiger partial charge in [0.25, 0.3) is 0 Å². The standard InChI is InChI=1S/C29H56N6O11/c1-2-3-26(36)4-14-43-16-18-45-20-21-46-19-17-44-15-5-30-31-25-35-12-10-33(23-28(39)40)8-6-32(22-27(37)38)7-9-34(11-13-35)24-29(41)42/h30-31H,2-25H2,1H3,(H,37,38)(H,39,40)(H,41,42). The first-order valence-corrected chi connectivity index (χ1v) is 16.0. The molecule has 5 N–H and O–H groups in total. The molecule has 0 bridgehead atoms. The van der Waals surface area contributed by atoms with E-state index >= 15 is 0 Å². The highest BCUT2D eigenvalue weighted by molar-refractivity contribution is 5.78. The van der Waals surface area contributed by atoms with E-state index in [-0.39, 0.29) is 25.4 Å². The van der Waals surface area contributed by atoms with Gasteiger partial charge in [-0.15, -0.1) is 0 Å². The van der Waals surface area contributed by atoms with Gasteiger partial charge in [-0.25, -0.2) is 5.43 Å². The largest absolute Gasteiger partial charge is 0.480 e. The molecular weight excluding hydrogens is 608 g/mol.